The Labute approximate surface area is 153 Å². The lowest BCUT2D eigenvalue weighted by Crippen LogP contribution is -2.35. The fraction of sp³-hybridized carbons (Fsp3) is 0.350. The van der Waals surface area contributed by atoms with E-state index >= 15 is 0 Å². The number of halogens is 1. The number of hydrogen-bond donors (Lipinski definition) is 1. The Balaban J connectivity index is 1.93. The molecule has 0 saturated carbocycles. The van der Waals surface area contributed by atoms with E-state index in [0.717, 1.165) is 5.56 Å². The smallest absolute Gasteiger partial charge is 0.261 e. The molecule has 2 aromatic rings. The molecule has 1 atom stereocenters. The van der Waals surface area contributed by atoms with Crippen molar-refractivity contribution in [2.45, 2.75) is 33.4 Å². The molecule has 1 N–H and O–H groups in total. The summed E-state index contributed by atoms with van der Waals surface area (Å²) in [6.07, 6.45) is -0.700. The van der Waals surface area contributed by atoms with Gasteiger partial charge in [0.2, 0.25) is 0 Å². The van der Waals surface area contributed by atoms with Gasteiger partial charge in [-0.2, -0.15) is 0 Å². The summed E-state index contributed by atoms with van der Waals surface area (Å²) in [5.41, 5.74) is 0.888. The van der Waals surface area contributed by atoms with Crippen molar-refractivity contribution in [3.8, 4) is 17.2 Å². The van der Waals surface area contributed by atoms with Gasteiger partial charge in [-0.05, 0) is 62.7 Å². The predicted octanol–water partition coefficient (Wildman–Crippen LogP) is 3.71. The largest absolute Gasteiger partial charge is 0.490 e. The molecule has 2 aromatic carbocycles. The lowest BCUT2D eigenvalue weighted by molar-refractivity contribution is -0.127. The third kappa shape index (κ3) is 5.65. The van der Waals surface area contributed by atoms with E-state index in [4.69, 9.17) is 14.2 Å². The number of benzene rings is 2. The van der Waals surface area contributed by atoms with E-state index in [1.165, 1.54) is 24.3 Å². The molecule has 2 rings (SSSR count). The minimum absolute atomic E-state index is 0.263. The Kier molecular flexibility index (Phi) is 7.26. The van der Waals surface area contributed by atoms with Crippen molar-refractivity contribution in [1.82, 2.24) is 5.32 Å². The zero-order valence-corrected chi connectivity index (χ0v) is 15.3. The third-order valence-electron chi connectivity index (χ3n) is 3.57. The van der Waals surface area contributed by atoms with Crippen LogP contribution in [0.4, 0.5) is 4.39 Å². The van der Waals surface area contributed by atoms with Gasteiger partial charge in [-0.15, -0.1) is 0 Å². The van der Waals surface area contributed by atoms with Gasteiger partial charge >= 0.3 is 0 Å². The number of rotatable bonds is 9. The zero-order chi connectivity index (χ0) is 18.9. The van der Waals surface area contributed by atoms with E-state index in [0.29, 0.717) is 37.0 Å². The van der Waals surface area contributed by atoms with Crippen molar-refractivity contribution >= 4 is 5.91 Å². The van der Waals surface area contributed by atoms with Crippen LogP contribution in [0.3, 0.4) is 0 Å². The fourth-order valence-electron chi connectivity index (χ4n) is 2.31. The average molecular weight is 361 g/mol. The number of ether oxygens (including phenoxy) is 3. The summed E-state index contributed by atoms with van der Waals surface area (Å²) in [6, 6.07) is 11.1. The summed E-state index contributed by atoms with van der Waals surface area (Å²) in [4.78, 5) is 12.2. The standard InChI is InChI=1S/C20H24FNO4/c1-4-24-18-11-6-15(12-19(18)25-5-2)13-22-20(23)14(3)26-17-9-7-16(21)8-10-17/h6-12,14H,4-5,13H2,1-3H3,(H,22,23)/t14-/m1/s1. The second-order valence-corrected chi connectivity index (χ2v) is 5.58. The molecule has 0 radical (unpaired) electrons. The molecular formula is C20H24FNO4. The molecule has 5 nitrogen and oxygen atoms in total. The first-order valence-corrected chi connectivity index (χ1v) is 8.62. The molecule has 0 unspecified atom stereocenters. The van der Waals surface area contributed by atoms with Gasteiger partial charge in [0.1, 0.15) is 11.6 Å². The van der Waals surface area contributed by atoms with Crippen LogP contribution in [0, 0.1) is 5.82 Å². The van der Waals surface area contributed by atoms with Crippen molar-refractivity contribution < 1.29 is 23.4 Å². The van der Waals surface area contributed by atoms with Gasteiger partial charge in [0.25, 0.3) is 5.91 Å². The quantitative estimate of drug-likeness (QED) is 0.740. The molecule has 0 bridgehead atoms. The van der Waals surface area contributed by atoms with Crippen molar-refractivity contribution in [2.24, 2.45) is 0 Å². The van der Waals surface area contributed by atoms with E-state index in [2.05, 4.69) is 5.32 Å². The van der Waals surface area contributed by atoms with Crippen molar-refractivity contribution in [3.05, 3.63) is 53.8 Å². The maximum absolute atomic E-state index is 12.9. The van der Waals surface area contributed by atoms with Crippen LogP contribution in [-0.2, 0) is 11.3 Å². The second kappa shape index (κ2) is 9.65. The van der Waals surface area contributed by atoms with Gasteiger partial charge in [-0.25, -0.2) is 4.39 Å². The molecule has 140 valence electrons. The highest BCUT2D eigenvalue weighted by atomic mass is 19.1. The van der Waals surface area contributed by atoms with E-state index in [1.54, 1.807) is 6.92 Å². The van der Waals surface area contributed by atoms with Gasteiger partial charge < -0.3 is 19.5 Å². The summed E-state index contributed by atoms with van der Waals surface area (Å²) >= 11 is 0. The molecule has 0 fully saturated rings. The molecule has 6 heteroatoms. The van der Waals surface area contributed by atoms with Crippen LogP contribution in [0.25, 0.3) is 0 Å². The lowest BCUT2D eigenvalue weighted by Gasteiger charge is -2.16. The molecule has 0 aliphatic carbocycles. The van der Waals surface area contributed by atoms with Crippen LogP contribution in [0.2, 0.25) is 0 Å². The molecule has 0 saturated heterocycles. The van der Waals surface area contributed by atoms with Crippen LogP contribution < -0.4 is 19.5 Å². The van der Waals surface area contributed by atoms with Gasteiger partial charge in [0, 0.05) is 6.54 Å². The summed E-state index contributed by atoms with van der Waals surface area (Å²) in [7, 11) is 0. The molecule has 26 heavy (non-hydrogen) atoms. The van der Waals surface area contributed by atoms with Crippen LogP contribution in [0.5, 0.6) is 17.2 Å². The first-order chi connectivity index (χ1) is 12.5. The number of hydrogen-bond acceptors (Lipinski definition) is 4. The molecule has 1 amide bonds. The summed E-state index contributed by atoms with van der Waals surface area (Å²) in [5.74, 6) is 1.15. The summed E-state index contributed by atoms with van der Waals surface area (Å²) < 4.78 is 29.5. The number of nitrogens with one attached hydrogen (secondary N) is 1. The SMILES string of the molecule is CCOc1ccc(CNC(=O)[C@@H](C)Oc2ccc(F)cc2)cc1OCC. The van der Waals surface area contributed by atoms with Crippen LogP contribution in [-0.4, -0.2) is 25.2 Å². The molecule has 0 aliphatic rings. The normalized spacial score (nSPS) is 11.5. The van der Waals surface area contributed by atoms with Crippen molar-refractivity contribution in [2.75, 3.05) is 13.2 Å². The Morgan fingerprint density at radius 2 is 1.69 bits per heavy atom. The lowest BCUT2D eigenvalue weighted by atomic mass is 10.2. The summed E-state index contributed by atoms with van der Waals surface area (Å²) in [5, 5.41) is 2.82. The monoisotopic (exact) mass is 361 g/mol. The number of carbonyl (C=O) groups is 1. The Morgan fingerprint density at radius 3 is 2.35 bits per heavy atom. The van der Waals surface area contributed by atoms with Crippen molar-refractivity contribution in [1.29, 1.82) is 0 Å². The number of amides is 1. The number of carbonyl (C=O) groups excluding carboxylic acids is 1. The second-order valence-electron chi connectivity index (χ2n) is 5.58. The van der Waals surface area contributed by atoms with E-state index in [-0.39, 0.29) is 11.7 Å². The highest BCUT2D eigenvalue weighted by molar-refractivity contribution is 5.80. The molecule has 0 aromatic heterocycles. The predicted molar refractivity (Wildman–Crippen MR) is 97.1 cm³/mol. The van der Waals surface area contributed by atoms with Gasteiger partial charge in [0.15, 0.2) is 17.6 Å². The van der Waals surface area contributed by atoms with Crippen LogP contribution >= 0.6 is 0 Å². The molecular weight excluding hydrogens is 337 g/mol. The first kappa shape index (κ1) is 19.6. The van der Waals surface area contributed by atoms with Gasteiger partial charge in [-0.1, -0.05) is 6.07 Å². The topological polar surface area (TPSA) is 56.8 Å². The minimum Gasteiger partial charge on any atom is -0.490 e. The van der Waals surface area contributed by atoms with Crippen LogP contribution in [0.1, 0.15) is 26.3 Å². The highest BCUT2D eigenvalue weighted by Crippen LogP contribution is 2.28. The fourth-order valence-corrected chi connectivity index (χ4v) is 2.31. The third-order valence-corrected chi connectivity index (χ3v) is 3.57. The minimum atomic E-state index is -0.700. The zero-order valence-electron chi connectivity index (χ0n) is 15.3. The van der Waals surface area contributed by atoms with E-state index in [1.807, 2.05) is 32.0 Å². The van der Waals surface area contributed by atoms with Gasteiger partial charge in [0.05, 0.1) is 13.2 Å². The Hall–Kier alpha value is -2.76. The maximum atomic E-state index is 12.9. The average Bonchev–Trinajstić information content (AvgIpc) is 2.63. The molecule has 0 spiro atoms. The van der Waals surface area contributed by atoms with Crippen LogP contribution in [0.15, 0.2) is 42.5 Å². The molecule has 0 heterocycles. The van der Waals surface area contributed by atoms with Crippen molar-refractivity contribution in [3.63, 3.8) is 0 Å². The highest BCUT2D eigenvalue weighted by Gasteiger charge is 2.15. The molecule has 0 aliphatic heterocycles. The van der Waals surface area contributed by atoms with E-state index < -0.39 is 6.10 Å². The maximum Gasteiger partial charge on any atom is 0.261 e. The Bertz CT molecular complexity index is 718. The van der Waals surface area contributed by atoms with Gasteiger partial charge in [-0.3, -0.25) is 4.79 Å². The Morgan fingerprint density at radius 1 is 1.04 bits per heavy atom. The first-order valence-electron chi connectivity index (χ1n) is 8.62. The summed E-state index contributed by atoms with van der Waals surface area (Å²) in [6.45, 7) is 6.86. The van der Waals surface area contributed by atoms with E-state index in [9.17, 15) is 9.18 Å².